The number of rotatable bonds is 5. The molecule has 2 unspecified atom stereocenters. The minimum Gasteiger partial charge on any atom is -0.598 e. The lowest BCUT2D eigenvalue weighted by Crippen LogP contribution is -2.64. The van der Waals surface area contributed by atoms with Crippen molar-refractivity contribution in [2.75, 3.05) is 13.2 Å². The van der Waals surface area contributed by atoms with E-state index in [0.29, 0.717) is 26.1 Å². The van der Waals surface area contributed by atoms with Gasteiger partial charge in [0.2, 0.25) is 0 Å². The number of nitrogens with zero attached hydrogens (tertiary/aromatic N) is 1. The predicted octanol–water partition coefficient (Wildman–Crippen LogP) is 0.438. The van der Waals surface area contributed by atoms with E-state index in [1.165, 1.54) is 0 Å². The fraction of sp³-hybridized carbons (Fsp3) is 0.909. The summed E-state index contributed by atoms with van der Waals surface area (Å²) in [5.74, 6) is 0. The van der Waals surface area contributed by atoms with Gasteiger partial charge in [-0.3, -0.25) is 0 Å². The van der Waals surface area contributed by atoms with Gasteiger partial charge in [-0.1, -0.05) is 0 Å². The minimum atomic E-state index is -1.13. The molecule has 5 nitrogen and oxygen atoms in total. The molecule has 6 heteroatoms. The molecular weight excluding hydrogens is 238 g/mol. The van der Waals surface area contributed by atoms with Crippen LogP contribution < -0.4 is 10.5 Å². The Labute approximate surface area is 106 Å². The smallest absolute Gasteiger partial charge is 0.136 e. The van der Waals surface area contributed by atoms with Gasteiger partial charge in [0.15, 0.2) is 0 Å². The minimum absolute atomic E-state index is 0.271. The summed E-state index contributed by atoms with van der Waals surface area (Å²) in [7, 11) is 0. The molecule has 3 N–H and O–H groups in total. The summed E-state index contributed by atoms with van der Waals surface area (Å²) in [6.07, 6.45) is 1.30. The van der Waals surface area contributed by atoms with Crippen LogP contribution in [-0.2, 0) is 16.1 Å². The van der Waals surface area contributed by atoms with E-state index < -0.39 is 17.4 Å². The normalized spacial score (nSPS) is 22.4. The number of hydrogen-bond donors (Lipinski definition) is 2. The molecule has 0 aromatic rings. The van der Waals surface area contributed by atoms with Crippen LogP contribution >= 0.6 is 0 Å². The number of ether oxygens (including phenoxy) is 1. The van der Waals surface area contributed by atoms with Gasteiger partial charge in [-0.15, -0.1) is 4.72 Å². The predicted molar refractivity (Wildman–Crippen MR) is 67.4 cm³/mol. The molecule has 2 atom stereocenters. The third-order valence-electron chi connectivity index (χ3n) is 2.72. The Bertz CT molecular complexity index is 294. The zero-order chi connectivity index (χ0) is 13.1. The Hall–Kier alpha value is -0.320. The quantitative estimate of drug-likeness (QED) is 0.699. The van der Waals surface area contributed by atoms with E-state index in [4.69, 9.17) is 15.7 Å². The Morgan fingerprint density at radius 1 is 1.59 bits per heavy atom. The first kappa shape index (κ1) is 14.7. The Kier molecular flexibility index (Phi) is 4.81. The van der Waals surface area contributed by atoms with E-state index >= 15 is 0 Å². The topological polar surface area (TPSA) is 94.1 Å². The van der Waals surface area contributed by atoms with Crippen molar-refractivity contribution in [1.29, 1.82) is 5.26 Å². The summed E-state index contributed by atoms with van der Waals surface area (Å²) in [4.78, 5) is 0. The molecule has 1 fully saturated rings. The molecule has 1 aliphatic heterocycles. The van der Waals surface area contributed by atoms with Gasteiger partial charge in [0, 0.05) is 11.4 Å². The van der Waals surface area contributed by atoms with Crippen molar-refractivity contribution < 1.29 is 9.29 Å². The second-order valence-electron chi connectivity index (χ2n) is 5.53. The lowest BCUT2D eigenvalue weighted by molar-refractivity contribution is -0.0677. The molecule has 0 saturated carbocycles. The van der Waals surface area contributed by atoms with Crippen LogP contribution in [0.2, 0.25) is 0 Å². The van der Waals surface area contributed by atoms with Crippen LogP contribution in [0.5, 0.6) is 0 Å². The molecule has 0 spiro atoms. The average Bonchev–Trinajstić information content (AvgIpc) is 2.19. The SMILES string of the molecule is CC(C)(C)[S+]([O-])NC1(CCC(N)C#N)COC1. The van der Waals surface area contributed by atoms with Crippen LogP contribution in [0.3, 0.4) is 0 Å². The first-order chi connectivity index (χ1) is 7.79. The van der Waals surface area contributed by atoms with Gasteiger partial charge < -0.3 is 15.0 Å². The van der Waals surface area contributed by atoms with Crippen LogP contribution in [0.4, 0.5) is 0 Å². The summed E-state index contributed by atoms with van der Waals surface area (Å²) in [5, 5.41) is 8.65. The molecule has 1 saturated heterocycles. The van der Waals surface area contributed by atoms with Gasteiger partial charge >= 0.3 is 0 Å². The van der Waals surface area contributed by atoms with Crippen molar-refractivity contribution in [1.82, 2.24) is 4.72 Å². The monoisotopic (exact) mass is 259 g/mol. The lowest BCUT2D eigenvalue weighted by atomic mass is 9.91. The molecule has 0 aromatic heterocycles. The standard InChI is InChI=1S/C11H21N3O2S/c1-10(2,3)17(15)14-11(7-16-8-11)5-4-9(13)6-12/h9,14H,4-5,7-8,13H2,1-3H3. The maximum atomic E-state index is 12.0. The fourth-order valence-corrected chi connectivity index (χ4v) is 2.37. The van der Waals surface area contributed by atoms with Crippen molar-refractivity contribution in [3.63, 3.8) is 0 Å². The average molecular weight is 259 g/mol. The van der Waals surface area contributed by atoms with Crippen molar-refractivity contribution in [2.24, 2.45) is 5.73 Å². The lowest BCUT2D eigenvalue weighted by Gasteiger charge is -2.43. The third-order valence-corrected chi connectivity index (χ3v) is 4.45. The summed E-state index contributed by atoms with van der Waals surface area (Å²) < 4.78 is 20.1. The van der Waals surface area contributed by atoms with Gasteiger partial charge in [0.05, 0.1) is 25.3 Å². The van der Waals surface area contributed by atoms with Gasteiger partial charge in [-0.25, -0.2) is 0 Å². The largest absolute Gasteiger partial charge is 0.598 e. The maximum Gasteiger partial charge on any atom is 0.136 e. The molecule has 1 aliphatic rings. The van der Waals surface area contributed by atoms with Crippen molar-refractivity contribution in [3.8, 4) is 6.07 Å². The summed E-state index contributed by atoms with van der Waals surface area (Å²) in [6, 6.07) is 1.54. The van der Waals surface area contributed by atoms with E-state index in [1.54, 1.807) is 0 Å². The van der Waals surface area contributed by atoms with E-state index in [-0.39, 0.29) is 10.3 Å². The number of nitriles is 1. The van der Waals surface area contributed by atoms with Gasteiger partial charge in [-0.2, -0.15) is 5.26 Å². The molecular formula is C11H21N3O2S. The van der Waals surface area contributed by atoms with E-state index in [9.17, 15) is 4.55 Å². The molecule has 0 radical (unpaired) electrons. The highest BCUT2D eigenvalue weighted by Crippen LogP contribution is 2.27. The zero-order valence-corrected chi connectivity index (χ0v) is 11.5. The maximum absolute atomic E-state index is 12.0. The van der Waals surface area contributed by atoms with Crippen LogP contribution in [0, 0.1) is 11.3 Å². The van der Waals surface area contributed by atoms with Gasteiger partial charge in [0.25, 0.3) is 0 Å². The van der Waals surface area contributed by atoms with Crippen LogP contribution in [0.1, 0.15) is 33.6 Å². The van der Waals surface area contributed by atoms with Crippen molar-refractivity contribution in [2.45, 2.75) is 49.9 Å². The molecule has 0 bridgehead atoms. The second-order valence-corrected chi connectivity index (χ2v) is 7.50. The molecule has 0 aliphatic carbocycles. The van der Waals surface area contributed by atoms with Crippen LogP contribution in [0.15, 0.2) is 0 Å². The van der Waals surface area contributed by atoms with Crippen LogP contribution in [-0.4, -0.2) is 34.1 Å². The Morgan fingerprint density at radius 2 is 2.18 bits per heavy atom. The molecule has 0 aromatic carbocycles. The van der Waals surface area contributed by atoms with Gasteiger partial charge in [-0.05, 0) is 33.6 Å². The number of hydrogen-bond acceptors (Lipinski definition) is 5. The highest BCUT2D eigenvalue weighted by molar-refractivity contribution is 7.90. The van der Waals surface area contributed by atoms with Crippen molar-refractivity contribution >= 4 is 11.4 Å². The summed E-state index contributed by atoms with van der Waals surface area (Å²) in [6.45, 7) is 6.83. The van der Waals surface area contributed by atoms with Gasteiger partial charge in [0.1, 0.15) is 10.3 Å². The molecule has 98 valence electrons. The summed E-state index contributed by atoms with van der Waals surface area (Å²) >= 11 is -1.13. The van der Waals surface area contributed by atoms with Crippen molar-refractivity contribution in [3.05, 3.63) is 0 Å². The zero-order valence-electron chi connectivity index (χ0n) is 10.7. The molecule has 0 amide bonds. The number of nitrogens with two attached hydrogens (primary N) is 1. The van der Waals surface area contributed by atoms with E-state index in [0.717, 1.165) is 0 Å². The molecule has 17 heavy (non-hydrogen) atoms. The number of nitrogens with one attached hydrogen (secondary N) is 1. The van der Waals surface area contributed by atoms with E-state index in [2.05, 4.69) is 4.72 Å². The first-order valence-corrected chi connectivity index (χ1v) is 6.87. The third kappa shape index (κ3) is 4.12. The highest BCUT2D eigenvalue weighted by Gasteiger charge is 2.45. The Balaban J connectivity index is 2.50. The Morgan fingerprint density at radius 3 is 2.53 bits per heavy atom. The molecule has 1 rings (SSSR count). The van der Waals surface area contributed by atoms with Crippen LogP contribution in [0.25, 0.3) is 0 Å². The first-order valence-electron chi connectivity index (χ1n) is 5.72. The highest BCUT2D eigenvalue weighted by atomic mass is 32.2. The van der Waals surface area contributed by atoms with E-state index in [1.807, 2.05) is 26.8 Å². The fourth-order valence-electron chi connectivity index (χ4n) is 1.45. The molecule has 1 heterocycles. The summed E-state index contributed by atoms with van der Waals surface area (Å²) in [5.41, 5.74) is 5.30. The second kappa shape index (κ2) is 5.55.